The smallest absolute Gasteiger partial charge is 0.223 e. The molecule has 0 aromatic rings. The van der Waals surface area contributed by atoms with E-state index in [4.69, 9.17) is 0 Å². The fourth-order valence-electron chi connectivity index (χ4n) is 1.32. The van der Waals surface area contributed by atoms with E-state index in [2.05, 4.69) is 32.7 Å². The van der Waals surface area contributed by atoms with Gasteiger partial charge in [0.25, 0.3) is 0 Å². The molecule has 13 heavy (non-hydrogen) atoms. The molecule has 0 spiro atoms. The van der Waals surface area contributed by atoms with Crippen LogP contribution in [0.3, 0.4) is 0 Å². The molecule has 1 amide bonds. The van der Waals surface area contributed by atoms with E-state index < -0.39 is 0 Å². The maximum absolute atomic E-state index is 11.6. The van der Waals surface area contributed by atoms with Crippen LogP contribution in [0.4, 0.5) is 0 Å². The zero-order valence-corrected chi connectivity index (χ0v) is 9.18. The summed E-state index contributed by atoms with van der Waals surface area (Å²) < 4.78 is 0. The Hall–Kier alpha value is -0.790. The lowest BCUT2D eigenvalue weighted by molar-refractivity contribution is -0.128. The topological polar surface area (TPSA) is 29.1 Å². The lowest BCUT2D eigenvalue weighted by atomic mass is 9.78. The average Bonchev–Trinajstić information content (AvgIpc) is 1.98. The summed E-state index contributed by atoms with van der Waals surface area (Å²) in [5, 5.41) is 2.85. The molecule has 0 aliphatic rings. The molecule has 76 valence electrons. The summed E-state index contributed by atoms with van der Waals surface area (Å²) in [5.41, 5.74) is 0.00738. The second-order valence-corrected chi connectivity index (χ2v) is 4.34. The van der Waals surface area contributed by atoms with Crippen molar-refractivity contribution in [3.63, 3.8) is 0 Å². The Balaban J connectivity index is 4.41. The van der Waals surface area contributed by atoms with E-state index in [1.165, 1.54) is 0 Å². The van der Waals surface area contributed by atoms with Crippen LogP contribution >= 0.6 is 0 Å². The molecule has 0 saturated carbocycles. The molecular weight excluding hydrogens is 162 g/mol. The van der Waals surface area contributed by atoms with Crippen molar-refractivity contribution in [2.75, 3.05) is 6.54 Å². The van der Waals surface area contributed by atoms with Crippen LogP contribution in [0.25, 0.3) is 0 Å². The maximum Gasteiger partial charge on any atom is 0.223 e. The zero-order valence-electron chi connectivity index (χ0n) is 9.18. The number of hydrogen-bond acceptors (Lipinski definition) is 1. The third kappa shape index (κ3) is 4.11. The third-order valence-corrected chi connectivity index (χ3v) is 2.12. The minimum Gasteiger partial charge on any atom is -0.356 e. The Morgan fingerprint density at radius 3 is 2.38 bits per heavy atom. The van der Waals surface area contributed by atoms with E-state index in [0.29, 0.717) is 6.54 Å². The molecule has 2 heteroatoms. The van der Waals surface area contributed by atoms with E-state index in [9.17, 15) is 4.79 Å². The lowest BCUT2D eigenvalue weighted by Crippen LogP contribution is -2.37. The summed E-state index contributed by atoms with van der Waals surface area (Å²) in [6.45, 7) is 12.5. The van der Waals surface area contributed by atoms with Gasteiger partial charge >= 0.3 is 0 Å². The van der Waals surface area contributed by atoms with Crippen LogP contribution in [0.15, 0.2) is 12.7 Å². The molecule has 0 fully saturated rings. The van der Waals surface area contributed by atoms with Crippen molar-refractivity contribution in [2.45, 2.75) is 34.1 Å². The van der Waals surface area contributed by atoms with E-state index in [0.717, 1.165) is 6.42 Å². The highest BCUT2D eigenvalue weighted by Crippen LogP contribution is 2.28. The van der Waals surface area contributed by atoms with E-state index in [-0.39, 0.29) is 17.2 Å². The highest BCUT2D eigenvalue weighted by Gasteiger charge is 2.29. The van der Waals surface area contributed by atoms with Crippen LogP contribution in [0, 0.1) is 11.3 Å². The Labute approximate surface area is 81.4 Å². The first-order chi connectivity index (χ1) is 5.93. The van der Waals surface area contributed by atoms with Gasteiger partial charge in [-0.15, -0.1) is 6.58 Å². The molecule has 0 bridgehead atoms. The third-order valence-electron chi connectivity index (χ3n) is 2.12. The molecule has 0 heterocycles. The molecule has 0 aliphatic heterocycles. The van der Waals surface area contributed by atoms with Crippen molar-refractivity contribution in [3.8, 4) is 0 Å². The second-order valence-electron chi connectivity index (χ2n) is 4.34. The number of nitrogens with one attached hydrogen (secondary N) is 1. The van der Waals surface area contributed by atoms with Crippen LogP contribution in [-0.2, 0) is 4.79 Å². The van der Waals surface area contributed by atoms with Crippen LogP contribution < -0.4 is 5.32 Å². The maximum atomic E-state index is 11.6. The predicted octanol–water partition coefficient (Wildman–Crippen LogP) is 2.36. The van der Waals surface area contributed by atoms with Gasteiger partial charge in [-0.3, -0.25) is 4.79 Å². The molecule has 0 aromatic heterocycles. The largest absolute Gasteiger partial charge is 0.356 e. The van der Waals surface area contributed by atoms with Crippen molar-refractivity contribution in [3.05, 3.63) is 12.7 Å². The Bertz CT molecular complexity index is 179. The summed E-state index contributed by atoms with van der Waals surface area (Å²) in [5.74, 6) is 0.167. The van der Waals surface area contributed by atoms with Crippen LogP contribution in [0.1, 0.15) is 34.1 Å². The fraction of sp³-hybridized carbons (Fsp3) is 0.727. The summed E-state index contributed by atoms with van der Waals surface area (Å²) >= 11 is 0. The van der Waals surface area contributed by atoms with Crippen LogP contribution in [0.5, 0.6) is 0 Å². The first-order valence-corrected chi connectivity index (χ1v) is 4.82. The molecule has 0 saturated heterocycles. The number of carbonyl (C=O) groups excluding carboxylic acids is 1. The first kappa shape index (κ1) is 12.2. The monoisotopic (exact) mass is 183 g/mol. The number of hydrogen-bond donors (Lipinski definition) is 1. The number of carbonyl (C=O) groups is 1. The molecule has 0 aromatic carbocycles. The number of rotatable bonds is 4. The highest BCUT2D eigenvalue weighted by molar-refractivity contribution is 5.79. The molecule has 2 nitrogen and oxygen atoms in total. The van der Waals surface area contributed by atoms with Crippen molar-refractivity contribution in [1.29, 1.82) is 0 Å². The predicted molar refractivity (Wildman–Crippen MR) is 56.4 cm³/mol. The summed E-state index contributed by atoms with van der Waals surface area (Å²) in [6.07, 6.45) is 2.56. The summed E-state index contributed by atoms with van der Waals surface area (Å²) in [6, 6.07) is 0. The van der Waals surface area contributed by atoms with Gasteiger partial charge in [-0.05, 0) is 18.8 Å². The molecule has 1 atom stereocenters. The highest BCUT2D eigenvalue weighted by atomic mass is 16.1. The normalized spacial score (nSPS) is 13.5. The Kier molecular flexibility index (Phi) is 4.74. The minimum absolute atomic E-state index is 0.00738. The van der Waals surface area contributed by atoms with Crippen molar-refractivity contribution in [1.82, 2.24) is 5.32 Å². The van der Waals surface area contributed by atoms with Gasteiger partial charge < -0.3 is 5.32 Å². The molecule has 0 rings (SSSR count). The van der Waals surface area contributed by atoms with Gasteiger partial charge in [0.05, 0.1) is 0 Å². The van der Waals surface area contributed by atoms with E-state index >= 15 is 0 Å². The fourth-order valence-corrected chi connectivity index (χ4v) is 1.32. The van der Waals surface area contributed by atoms with Gasteiger partial charge in [-0.25, -0.2) is 0 Å². The van der Waals surface area contributed by atoms with E-state index in [1.54, 1.807) is 0 Å². The summed E-state index contributed by atoms with van der Waals surface area (Å²) in [4.78, 5) is 11.6. The van der Waals surface area contributed by atoms with Gasteiger partial charge in [0.15, 0.2) is 0 Å². The van der Waals surface area contributed by atoms with Crippen molar-refractivity contribution >= 4 is 5.91 Å². The first-order valence-electron chi connectivity index (χ1n) is 4.82. The van der Waals surface area contributed by atoms with Gasteiger partial charge in [-0.1, -0.05) is 26.8 Å². The number of amides is 1. The molecule has 1 N–H and O–H groups in total. The molecule has 1 unspecified atom stereocenters. The number of allylic oxidation sites excluding steroid dienone is 1. The minimum atomic E-state index is 0.00738. The quantitative estimate of drug-likeness (QED) is 0.666. The lowest BCUT2D eigenvalue weighted by Gasteiger charge is -2.28. The standard InChI is InChI=1S/C11H21NO/c1-6-8-9(11(3,4)5)10(13)12-7-2/h6,9H,1,7-8H2,2-5H3,(H,12,13). The van der Waals surface area contributed by atoms with Crippen LogP contribution in [0.2, 0.25) is 0 Å². The molecular formula is C11H21NO. The van der Waals surface area contributed by atoms with Gasteiger partial charge in [-0.2, -0.15) is 0 Å². The van der Waals surface area contributed by atoms with Crippen molar-refractivity contribution < 1.29 is 4.79 Å². The van der Waals surface area contributed by atoms with Gasteiger partial charge in [0.1, 0.15) is 0 Å². The van der Waals surface area contributed by atoms with Gasteiger partial charge in [0, 0.05) is 12.5 Å². The Morgan fingerprint density at radius 2 is 2.08 bits per heavy atom. The molecule has 0 aliphatic carbocycles. The zero-order chi connectivity index (χ0) is 10.5. The summed E-state index contributed by atoms with van der Waals surface area (Å²) in [7, 11) is 0. The van der Waals surface area contributed by atoms with E-state index in [1.807, 2.05) is 13.0 Å². The molecule has 0 radical (unpaired) electrons. The SMILES string of the molecule is C=CCC(C(=O)NCC)C(C)(C)C. The average molecular weight is 183 g/mol. The van der Waals surface area contributed by atoms with Crippen molar-refractivity contribution in [2.24, 2.45) is 11.3 Å². The second kappa shape index (κ2) is 5.05. The van der Waals surface area contributed by atoms with Crippen LogP contribution in [-0.4, -0.2) is 12.5 Å². The van der Waals surface area contributed by atoms with Gasteiger partial charge in [0.2, 0.25) is 5.91 Å². The Morgan fingerprint density at radius 1 is 1.54 bits per heavy atom.